The lowest BCUT2D eigenvalue weighted by atomic mass is 9.97. The fourth-order valence-electron chi connectivity index (χ4n) is 2.16. The van der Waals surface area contributed by atoms with Crippen LogP contribution in [0, 0.1) is 0 Å². The van der Waals surface area contributed by atoms with Gasteiger partial charge < -0.3 is 19.7 Å². The Kier molecular flexibility index (Phi) is 4.29. The van der Waals surface area contributed by atoms with E-state index in [1.165, 1.54) is 7.11 Å². The minimum Gasteiger partial charge on any atom is -0.467 e. The number of nitrogens with zero attached hydrogens (tertiary/aromatic N) is 2. The molecule has 0 saturated carbocycles. The highest BCUT2D eigenvalue weighted by Crippen LogP contribution is 2.16. The second-order valence-corrected chi connectivity index (χ2v) is 5.58. The number of benzene rings is 1. The van der Waals surface area contributed by atoms with Crippen molar-refractivity contribution >= 4 is 17.0 Å². The molecular weight excluding hydrogens is 270 g/mol. The first-order valence-electron chi connectivity index (χ1n) is 6.78. The van der Waals surface area contributed by atoms with Gasteiger partial charge in [0.05, 0.1) is 24.7 Å². The molecule has 0 spiro atoms. The predicted molar refractivity (Wildman–Crippen MR) is 79.7 cm³/mol. The second kappa shape index (κ2) is 5.83. The molecule has 21 heavy (non-hydrogen) atoms. The highest BCUT2D eigenvalue weighted by atomic mass is 16.5. The summed E-state index contributed by atoms with van der Waals surface area (Å²) in [5, 5.41) is 13.1. The van der Waals surface area contributed by atoms with Gasteiger partial charge in [-0.3, -0.25) is 0 Å². The number of fused-ring (bicyclic) bond motifs is 1. The van der Waals surface area contributed by atoms with Gasteiger partial charge >= 0.3 is 5.97 Å². The van der Waals surface area contributed by atoms with Gasteiger partial charge in [0.25, 0.3) is 0 Å². The lowest BCUT2D eigenvalue weighted by Gasteiger charge is -2.29. The number of hydrogen-bond donors (Lipinski definition) is 2. The number of aliphatic hydroxyl groups excluding tert-OH is 1. The van der Waals surface area contributed by atoms with Gasteiger partial charge in [0.15, 0.2) is 6.10 Å². The first kappa shape index (κ1) is 15.5. The molecule has 0 aliphatic carbocycles. The van der Waals surface area contributed by atoms with E-state index in [0.717, 1.165) is 16.9 Å². The molecule has 2 aromatic rings. The summed E-state index contributed by atoms with van der Waals surface area (Å²) in [6.07, 6.45) is -1.24. The van der Waals surface area contributed by atoms with Crippen LogP contribution < -0.4 is 5.32 Å². The van der Waals surface area contributed by atoms with Crippen LogP contribution in [0.25, 0.3) is 11.0 Å². The molecular formula is C15H21N3O3. The Balaban J connectivity index is 2.14. The Bertz CT molecular complexity index is 649. The van der Waals surface area contributed by atoms with E-state index >= 15 is 0 Å². The van der Waals surface area contributed by atoms with Crippen molar-refractivity contribution in [2.24, 2.45) is 7.05 Å². The number of imidazole rings is 1. The molecule has 1 aromatic heterocycles. The lowest BCUT2D eigenvalue weighted by Crippen LogP contribution is -2.53. The van der Waals surface area contributed by atoms with Crippen LogP contribution in [0.15, 0.2) is 24.3 Å². The first-order chi connectivity index (χ1) is 9.86. The van der Waals surface area contributed by atoms with Crippen molar-refractivity contribution in [2.45, 2.75) is 32.0 Å². The van der Waals surface area contributed by atoms with Gasteiger partial charge in [-0.05, 0) is 26.0 Å². The number of carbonyl (C=O) groups is 1. The minimum atomic E-state index is -1.24. The largest absolute Gasteiger partial charge is 0.467 e. The third-order valence-electron chi connectivity index (χ3n) is 3.69. The summed E-state index contributed by atoms with van der Waals surface area (Å²) >= 11 is 0. The summed E-state index contributed by atoms with van der Waals surface area (Å²) in [6.45, 7) is 3.93. The summed E-state index contributed by atoms with van der Waals surface area (Å²) in [5.41, 5.74) is 1.15. The van der Waals surface area contributed by atoms with E-state index in [-0.39, 0.29) is 0 Å². The van der Waals surface area contributed by atoms with E-state index in [2.05, 4.69) is 15.0 Å². The van der Waals surface area contributed by atoms with Crippen LogP contribution in [0.5, 0.6) is 0 Å². The van der Waals surface area contributed by atoms with Crippen LogP contribution >= 0.6 is 0 Å². The maximum atomic E-state index is 11.4. The van der Waals surface area contributed by atoms with Crippen molar-refractivity contribution in [2.75, 3.05) is 7.11 Å². The zero-order valence-corrected chi connectivity index (χ0v) is 12.8. The topological polar surface area (TPSA) is 76.4 Å². The number of nitrogens with one attached hydrogen (secondary N) is 1. The Morgan fingerprint density at radius 1 is 1.48 bits per heavy atom. The van der Waals surface area contributed by atoms with E-state index in [1.807, 2.05) is 35.9 Å². The molecule has 114 valence electrons. The number of para-hydroxylation sites is 2. The van der Waals surface area contributed by atoms with Crippen molar-refractivity contribution in [3.05, 3.63) is 30.1 Å². The molecule has 0 amide bonds. The molecule has 0 bridgehead atoms. The Morgan fingerprint density at radius 3 is 2.76 bits per heavy atom. The van der Waals surface area contributed by atoms with Crippen LogP contribution in [0.1, 0.15) is 19.7 Å². The Morgan fingerprint density at radius 2 is 2.14 bits per heavy atom. The SMILES string of the molecule is COC(=O)[C@@H](O)C(C)(C)NCc1nc2ccccc2n1C. The van der Waals surface area contributed by atoms with Gasteiger partial charge in [-0.1, -0.05) is 12.1 Å². The van der Waals surface area contributed by atoms with E-state index < -0.39 is 17.6 Å². The molecule has 2 N–H and O–H groups in total. The molecule has 0 aliphatic rings. The Hall–Kier alpha value is -1.92. The average Bonchev–Trinajstić information content (AvgIpc) is 2.80. The summed E-state index contributed by atoms with van der Waals surface area (Å²) in [6, 6.07) is 7.86. The number of methoxy groups -OCH3 is 1. The van der Waals surface area contributed by atoms with Gasteiger partial charge in [-0.25, -0.2) is 9.78 Å². The molecule has 0 radical (unpaired) electrons. The molecule has 1 heterocycles. The van der Waals surface area contributed by atoms with Crippen LogP contribution in [-0.4, -0.2) is 39.4 Å². The maximum Gasteiger partial charge on any atom is 0.336 e. The summed E-state index contributed by atoms with van der Waals surface area (Å²) in [5.74, 6) is 0.179. The van der Waals surface area contributed by atoms with Gasteiger partial charge in [0, 0.05) is 12.6 Å². The van der Waals surface area contributed by atoms with Gasteiger partial charge in [0.2, 0.25) is 0 Å². The number of aryl methyl sites for hydroxylation is 1. The quantitative estimate of drug-likeness (QED) is 0.803. The number of rotatable bonds is 5. The normalized spacial score (nSPS) is 13.4. The number of carbonyl (C=O) groups excluding carboxylic acids is 1. The van der Waals surface area contributed by atoms with Crippen molar-refractivity contribution in [1.82, 2.24) is 14.9 Å². The van der Waals surface area contributed by atoms with E-state index in [1.54, 1.807) is 13.8 Å². The van der Waals surface area contributed by atoms with Crippen LogP contribution in [0.4, 0.5) is 0 Å². The minimum absolute atomic E-state index is 0.437. The predicted octanol–water partition coefficient (Wildman–Crippen LogP) is 0.975. The fraction of sp³-hybridized carbons (Fsp3) is 0.467. The first-order valence-corrected chi connectivity index (χ1v) is 6.78. The van der Waals surface area contributed by atoms with Crippen molar-refractivity contribution in [3.8, 4) is 0 Å². The van der Waals surface area contributed by atoms with Crippen molar-refractivity contribution < 1.29 is 14.6 Å². The van der Waals surface area contributed by atoms with Crippen LogP contribution in [-0.2, 0) is 23.1 Å². The zero-order chi connectivity index (χ0) is 15.6. The fourth-order valence-corrected chi connectivity index (χ4v) is 2.16. The third-order valence-corrected chi connectivity index (χ3v) is 3.69. The number of ether oxygens (including phenoxy) is 1. The van der Waals surface area contributed by atoms with Gasteiger partial charge in [0.1, 0.15) is 5.82 Å². The standard InChI is InChI=1S/C15H21N3O3/c1-15(2,13(19)14(20)21-4)16-9-12-17-10-7-5-6-8-11(10)18(12)3/h5-8,13,16,19H,9H2,1-4H3/t13-/m1/s1. The number of aromatic nitrogens is 2. The number of esters is 1. The summed E-state index contributed by atoms with van der Waals surface area (Å²) in [4.78, 5) is 16.0. The van der Waals surface area contributed by atoms with E-state index in [4.69, 9.17) is 0 Å². The van der Waals surface area contributed by atoms with Crippen LogP contribution in [0.2, 0.25) is 0 Å². The number of aliphatic hydroxyl groups is 1. The molecule has 0 fully saturated rings. The van der Waals surface area contributed by atoms with Crippen molar-refractivity contribution in [1.29, 1.82) is 0 Å². The second-order valence-electron chi connectivity index (χ2n) is 5.58. The number of hydrogen-bond acceptors (Lipinski definition) is 5. The van der Waals surface area contributed by atoms with Crippen LogP contribution in [0.3, 0.4) is 0 Å². The molecule has 2 rings (SSSR count). The highest BCUT2D eigenvalue weighted by Gasteiger charge is 2.34. The molecule has 1 atom stereocenters. The van der Waals surface area contributed by atoms with Crippen molar-refractivity contribution in [3.63, 3.8) is 0 Å². The summed E-state index contributed by atoms with van der Waals surface area (Å²) < 4.78 is 6.56. The lowest BCUT2D eigenvalue weighted by molar-refractivity contribution is -0.154. The third kappa shape index (κ3) is 3.06. The molecule has 0 saturated heterocycles. The Labute approximate surface area is 123 Å². The zero-order valence-electron chi connectivity index (χ0n) is 12.8. The van der Waals surface area contributed by atoms with E-state index in [0.29, 0.717) is 6.54 Å². The smallest absolute Gasteiger partial charge is 0.336 e. The molecule has 1 aromatic carbocycles. The van der Waals surface area contributed by atoms with Gasteiger partial charge in [-0.2, -0.15) is 0 Å². The molecule has 6 nitrogen and oxygen atoms in total. The highest BCUT2D eigenvalue weighted by molar-refractivity contribution is 5.76. The maximum absolute atomic E-state index is 11.4. The summed E-state index contributed by atoms with van der Waals surface area (Å²) in [7, 11) is 3.20. The molecule has 6 heteroatoms. The molecule has 0 unspecified atom stereocenters. The van der Waals surface area contributed by atoms with E-state index in [9.17, 15) is 9.90 Å². The average molecular weight is 291 g/mol. The monoisotopic (exact) mass is 291 g/mol. The molecule has 0 aliphatic heterocycles. The van der Waals surface area contributed by atoms with Gasteiger partial charge in [-0.15, -0.1) is 0 Å².